The molecule has 7 nitrogen and oxygen atoms in total. The van der Waals surface area contributed by atoms with Crippen molar-refractivity contribution >= 4 is 5.97 Å². The van der Waals surface area contributed by atoms with E-state index in [2.05, 4.69) is 0 Å². The second-order valence-electron chi connectivity index (χ2n) is 10.8. The smallest absolute Gasteiger partial charge is 0.344 e. The summed E-state index contributed by atoms with van der Waals surface area (Å²) in [7, 11) is 3.18. The van der Waals surface area contributed by atoms with Gasteiger partial charge in [-0.1, -0.05) is 19.1 Å². The highest BCUT2D eigenvalue weighted by atomic mass is 16.6. The summed E-state index contributed by atoms with van der Waals surface area (Å²) in [6, 6.07) is 11.1. The Hall–Kier alpha value is -2.93. The topological polar surface area (TPSA) is 83.5 Å². The van der Waals surface area contributed by atoms with E-state index >= 15 is 0 Å². The number of aliphatic hydroxyl groups is 1. The van der Waals surface area contributed by atoms with Crippen molar-refractivity contribution in [3.63, 3.8) is 0 Å². The number of ether oxygens (including phenoxy) is 5. The molecule has 0 bridgehead atoms. The number of carbonyl (C=O) groups is 1. The van der Waals surface area contributed by atoms with Gasteiger partial charge in [-0.3, -0.25) is 0 Å². The Morgan fingerprint density at radius 1 is 0.917 bits per heavy atom. The number of carbonyl (C=O) groups excluding carboxylic acids is 1. The van der Waals surface area contributed by atoms with Crippen molar-refractivity contribution < 1.29 is 33.6 Å². The van der Waals surface area contributed by atoms with E-state index in [9.17, 15) is 9.90 Å². The minimum absolute atomic E-state index is 0.201. The van der Waals surface area contributed by atoms with Crippen LogP contribution in [0, 0.1) is 0 Å². The largest absolute Gasteiger partial charge is 0.493 e. The Labute approximate surface area is 215 Å². The number of hydrogen-bond acceptors (Lipinski definition) is 7. The van der Waals surface area contributed by atoms with E-state index in [1.165, 1.54) is 0 Å². The van der Waals surface area contributed by atoms with Crippen LogP contribution < -0.4 is 18.9 Å². The van der Waals surface area contributed by atoms with Crippen LogP contribution in [0.15, 0.2) is 36.4 Å². The van der Waals surface area contributed by atoms with E-state index in [1.54, 1.807) is 26.4 Å². The fraction of sp³-hybridized carbons (Fsp3) is 0.552. The van der Waals surface area contributed by atoms with Crippen LogP contribution in [0.3, 0.4) is 0 Å². The Morgan fingerprint density at radius 2 is 1.58 bits per heavy atom. The van der Waals surface area contributed by atoms with Crippen molar-refractivity contribution in [2.75, 3.05) is 20.8 Å². The molecule has 2 aromatic rings. The lowest BCUT2D eigenvalue weighted by Crippen LogP contribution is -2.27. The van der Waals surface area contributed by atoms with E-state index in [0.29, 0.717) is 42.3 Å². The van der Waals surface area contributed by atoms with Gasteiger partial charge in [0.05, 0.1) is 19.8 Å². The molecular formula is C29H42O7. The predicted octanol–water partition coefficient (Wildman–Crippen LogP) is 5.83. The first-order chi connectivity index (χ1) is 16.7. The normalized spacial score (nSPS) is 13.5. The molecule has 7 heteroatoms. The number of benzene rings is 2. The third-order valence-corrected chi connectivity index (χ3v) is 5.48. The van der Waals surface area contributed by atoms with Crippen molar-refractivity contribution in [2.45, 2.75) is 84.5 Å². The summed E-state index contributed by atoms with van der Waals surface area (Å²) < 4.78 is 28.1. The maximum atomic E-state index is 12.0. The van der Waals surface area contributed by atoms with E-state index in [4.69, 9.17) is 23.7 Å². The van der Waals surface area contributed by atoms with Crippen molar-refractivity contribution in [3.8, 4) is 23.0 Å². The molecule has 1 atom stereocenters. The molecule has 200 valence electrons. The molecule has 36 heavy (non-hydrogen) atoms. The highest BCUT2D eigenvalue weighted by Gasteiger charge is 2.28. The number of rotatable bonds is 11. The van der Waals surface area contributed by atoms with Gasteiger partial charge in [0.1, 0.15) is 17.0 Å². The third kappa shape index (κ3) is 8.63. The lowest BCUT2D eigenvalue weighted by Gasteiger charge is -2.28. The monoisotopic (exact) mass is 502 g/mol. The van der Waals surface area contributed by atoms with Gasteiger partial charge < -0.3 is 28.8 Å². The molecule has 0 radical (unpaired) electrons. The molecule has 0 unspecified atom stereocenters. The van der Waals surface area contributed by atoms with Crippen LogP contribution >= 0.6 is 0 Å². The predicted molar refractivity (Wildman–Crippen MR) is 140 cm³/mol. The summed E-state index contributed by atoms with van der Waals surface area (Å²) in [5, 5.41) is 11.6. The second kappa shape index (κ2) is 11.9. The quantitative estimate of drug-likeness (QED) is 0.387. The molecule has 2 rings (SSSR count). The molecule has 2 aromatic carbocycles. The van der Waals surface area contributed by atoms with Gasteiger partial charge in [-0.05, 0) is 96.2 Å². The lowest BCUT2D eigenvalue weighted by molar-refractivity contribution is -0.157. The van der Waals surface area contributed by atoms with Gasteiger partial charge >= 0.3 is 5.97 Å². The maximum absolute atomic E-state index is 12.0. The number of aryl methyl sites for hydroxylation is 1. The zero-order chi connectivity index (χ0) is 27.1. The van der Waals surface area contributed by atoms with Crippen LogP contribution in [0.5, 0.6) is 23.0 Å². The van der Waals surface area contributed by atoms with Gasteiger partial charge in [0.25, 0.3) is 0 Å². The maximum Gasteiger partial charge on any atom is 0.344 e. The molecule has 0 heterocycles. The van der Waals surface area contributed by atoms with Crippen LogP contribution in [0.1, 0.15) is 72.4 Å². The van der Waals surface area contributed by atoms with Crippen molar-refractivity contribution in [3.05, 3.63) is 47.5 Å². The number of methoxy groups -OCH3 is 2. The molecule has 0 aromatic heterocycles. The first-order valence-corrected chi connectivity index (χ1v) is 12.3. The highest BCUT2D eigenvalue weighted by Crippen LogP contribution is 2.41. The SMILES string of the molecule is CC[C@](O)(CCc1cc(OC)c(OC)c(OC(C)(C)C)c1)c1cccc(OCC(=O)OC(C)(C)C)c1. The van der Waals surface area contributed by atoms with Gasteiger partial charge in [-0.2, -0.15) is 0 Å². The first-order valence-electron chi connectivity index (χ1n) is 12.3. The second-order valence-corrected chi connectivity index (χ2v) is 10.8. The molecule has 0 aliphatic heterocycles. The van der Waals surface area contributed by atoms with E-state index < -0.39 is 22.8 Å². The average molecular weight is 503 g/mol. The molecule has 0 fully saturated rings. The Bertz CT molecular complexity index is 1020. The summed E-state index contributed by atoms with van der Waals surface area (Å²) in [6.45, 7) is 13.1. The van der Waals surface area contributed by atoms with Crippen LogP contribution in [0.4, 0.5) is 0 Å². The number of esters is 1. The molecule has 0 saturated carbocycles. The highest BCUT2D eigenvalue weighted by molar-refractivity contribution is 5.71. The Kier molecular flexibility index (Phi) is 9.66. The molecule has 0 saturated heterocycles. The number of hydrogen-bond donors (Lipinski definition) is 1. The standard InChI is InChI=1S/C29H42O7/c1-10-29(31,21-12-11-13-22(18-21)34-19-25(30)36-28(5,6)7)15-14-20-16-23(32-8)26(33-9)24(17-20)35-27(2,3)4/h11-13,16-18,31H,10,14-15,19H2,1-9H3/t29-/m0/s1. The molecule has 0 aliphatic rings. The van der Waals surface area contributed by atoms with Crippen molar-refractivity contribution in [1.29, 1.82) is 0 Å². The average Bonchev–Trinajstić information content (AvgIpc) is 2.79. The Balaban J connectivity index is 2.22. The molecule has 0 amide bonds. The summed E-state index contributed by atoms with van der Waals surface area (Å²) >= 11 is 0. The zero-order valence-electron chi connectivity index (χ0n) is 23.2. The van der Waals surface area contributed by atoms with E-state index in [1.807, 2.05) is 72.7 Å². The molecule has 1 N–H and O–H groups in total. The molecular weight excluding hydrogens is 460 g/mol. The summed E-state index contributed by atoms with van der Waals surface area (Å²) in [6.07, 6.45) is 1.54. The first kappa shape index (κ1) is 29.3. The molecule has 0 spiro atoms. The molecule has 0 aliphatic carbocycles. The minimum atomic E-state index is -1.09. The van der Waals surface area contributed by atoms with Crippen LogP contribution in [-0.4, -0.2) is 43.1 Å². The fourth-order valence-corrected chi connectivity index (χ4v) is 3.80. The third-order valence-electron chi connectivity index (χ3n) is 5.48. The van der Waals surface area contributed by atoms with Crippen molar-refractivity contribution in [2.24, 2.45) is 0 Å². The van der Waals surface area contributed by atoms with Crippen LogP contribution in [-0.2, 0) is 21.6 Å². The summed E-state index contributed by atoms with van der Waals surface area (Å²) in [5.74, 6) is 1.76. The van der Waals surface area contributed by atoms with E-state index in [-0.39, 0.29) is 6.61 Å². The van der Waals surface area contributed by atoms with E-state index in [0.717, 1.165) is 11.1 Å². The van der Waals surface area contributed by atoms with Gasteiger partial charge in [0.15, 0.2) is 18.1 Å². The van der Waals surface area contributed by atoms with Crippen LogP contribution in [0.25, 0.3) is 0 Å². The minimum Gasteiger partial charge on any atom is -0.493 e. The lowest BCUT2D eigenvalue weighted by atomic mass is 9.85. The van der Waals surface area contributed by atoms with Crippen molar-refractivity contribution in [1.82, 2.24) is 0 Å². The zero-order valence-corrected chi connectivity index (χ0v) is 23.2. The Morgan fingerprint density at radius 3 is 2.14 bits per heavy atom. The van der Waals surface area contributed by atoms with Crippen LogP contribution in [0.2, 0.25) is 0 Å². The van der Waals surface area contributed by atoms with Gasteiger partial charge in [-0.15, -0.1) is 0 Å². The van der Waals surface area contributed by atoms with Gasteiger partial charge in [-0.25, -0.2) is 4.79 Å². The summed E-state index contributed by atoms with van der Waals surface area (Å²) in [4.78, 5) is 12.0. The fourth-order valence-electron chi connectivity index (χ4n) is 3.80. The van der Waals surface area contributed by atoms with Gasteiger partial charge in [0.2, 0.25) is 5.75 Å². The summed E-state index contributed by atoms with van der Waals surface area (Å²) in [5.41, 5.74) is -0.411. The van der Waals surface area contributed by atoms with Gasteiger partial charge in [0, 0.05) is 0 Å².